The molecule has 8 nitrogen and oxygen atoms in total. The van der Waals surface area contributed by atoms with Crippen molar-refractivity contribution in [1.82, 2.24) is 10.4 Å². The average Bonchev–Trinajstić information content (AvgIpc) is 3.00. The monoisotopic (exact) mass is 458 g/mol. The van der Waals surface area contributed by atoms with Crippen LogP contribution >= 0.6 is 24.0 Å². The summed E-state index contributed by atoms with van der Waals surface area (Å²) in [6, 6.07) is 12.6. The van der Waals surface area contributed by atoms with E-state index in [0.717, 1.165) is 16.8 Å². The molecule has 31 heavy (non-hydrogen) atoms. The van der Waals surface area contributed by atoms with Gasteiger partial charge in [0, 0.05) is 5.56 Å². The number of carboxylic acid groups (broad SMARTS) is 1. The second-order valence-corrected chi connectivity index (χ2v) is 8.04. The quantitative estimate of drug-likeness (QED) is 0.428. The zero-order chi connectivity index (χ0) is 22.5. The van der Waals surface area contributed by atoms with Gasteiger partial charge in [-0.2, -0.15) is 5.01 Å². The number of ether oxygens (including phenoxy) is 1. The number of hydrogen-bond donors (Lipinski definition) is 3. The minimum Gasteiger partial charge on any atom is -0.507 e. The molecule has 2 aromatic rings. The third-order valence-electron chi connectivity index (χ3n) is 4.28. The van der Waals surface area contributed by atoms with Crippen molar-refractivity contribution in [2.75, 3.05) is 0 Å². The van der Waals surface area contributed by atoms with Crippen molar-refractivity contribution in [2.24, 2.45) is 0 Å². The van der Waals surface area contributed by atoms with Crippen molar-refractivity contribution in [3.05, 3.63) is 64.6 Å². The van der Waals surface area contributed by atoms with Crippen molar-refractivity contribution in [1.29, 1.82) is 0 Å². The highest BCUT2D eigenvalue weighted by Gasteiger charge is 2.34. The molecule has 0 radical (unpaired) electrons. The molecule has 1 saturated heterocycles. The van der Waals surface area contributed by atoms with Crippen LogP contribution < -0.4 is 10.2 Å². The summed E-state index contributed by atoms with van der Waals surface area (Å²) >= 11 is 6.19. The number of hydrazine groups is 1. The van der Waals surface area contributed by atoms with E-state index in [0.29, 0.717) is 11.3 Å². The van der Waals surface area contributed by atoms with Gasteiger partial charge in [-0.3, -0.25) is 15.0 Å². The van der Waals surface area contributed by atoms with Gasteiger partial charge in [0.1, 0.15) is 11.5 Å². The number of thiocarbonyl (C=S) groups is 1. The summed E-state index contributed by atoms with van der Waals surface area (Å²) in [6.07, 6.45) is 0.765. The van der Waals surface area contributed by atoms with Crippen LogP contribution in [0.1, 0.15) is 29.3 Å². The van der Waals surface area contributed by atoms with Gasteiger partial charge in [-0.05, 0) is 42.9 Å². The van der Waals surface area contributed by atoms with E-state index in [9.17, 15) is 24.6 Å². The Morgan fingerprint density at radius 1 is 1.23 bits per heavy atom. The maximum atomic E-state index is 12.8. The van der Waals surface area contributed by atoms with Gasteiger partial charge < -0.3 is 14.9 Å². The number of aromatic hydroxyl groups is 1. The predicted octanol–water partition coefficient (Wildman–Crippen LogP) is 3.18. The molecule has 0 aromatic heterocycles. The number of hydrogen-bond acceptors (Lipinski definition) is 7. The zero-order valence-electron chi connectivity index (χ0n) is 16.3. The molecule has 0 aliphatic carbocycles. The number of carboxylic acids is 1. The lowest BCUT2D eigenvalue weighted by Crippen LogP contribution is -2.44. The highest BCUT2D eigenvalue weighted by molar-refractivity contribution is 8.26. The molecule has 0 bridgehead atoms. The number of phenols is 1. The summed E-state index contributed by atoms with van der Waals surface area (Å²) in [6.45, 7) is 1.69. The molecule has 1 fully saturated rings. The molecule has 2 amide bonds. The Morgan fingerprint density at radius 3 is 2.58 bits per heavy atom. The Morgan fingerprint density at radius 2 is 1.90 bits per heavy atom. The smallest absolute Gasteiger partial charge is 0.344 e. The van der Waals surface area contributed by atoms with Gasteiger partial charge >= 0.3 is 5.97 Å². The van der Waals surface area contributed by atoms with Gasteiger partial charge in [-0.1, -0.05) is 49.0 Å². The molecule has 0 saturated carbocycles. The van der Waals surface area contributed by atoms with Crippen LogP contribution in [0.4, 0.5) is 0 Å². The second-order valence-electron chi connectivity index (χ2n) is 6.37. The molecular formula is C21H18N2O6S2. The Hall–Kier alpha value is -3.37. The van der Waals surface area contributed by atoms with Crippen LogP contribution in [-0.4, -0.2) is 43.4 Å². The Balaban J connectivity index is 1.82. The number of carbonyl (C=O) groups excluding carboxylic acids is 2. The number of nitrogens with zero attached hydrogens (tertiary/aromatic N) is 1. The number of benzene rings is 2. The maximum absolute atomic E-state index is 12.8. The Bertz CT molecular complexity index is 1090. The number of amides is 2. The maximum Gasteiger partial charge on any atom is 0.344 e. The van der Waals surface area contributed by atoms with E-state index in [4.69, 9.17) is 17.0 Å². The standard InChI is InChI=1S/C21H18N2O6S2/c1-2-15(20(27)28)29-16-10-6-3-7-12(16)11-17-19(26)23(21(30)31-17)22-18(25)13-8-4-5-9-14(13)24/h3-11,15,24H,2H2,1H3,(H,22,25)(H,27,28)/b17-11-. The first kappa shape index (κ1) is 22.3. The average molecular weight is 459 g/mol. The van der Waals surface area contributed by atoms with E-state index in [1.165, 1.54) is 18.2 Å². The topological polar surface area (TPSA) is 116 Å². The molecule has 2 aromatic carbocycles. The first-order valence-corrected chi connectivity index (χ1v) is 10.4. The van der Waals surface area contributed by atoms with Crippen molar-refractivity contribution in [2.45, 2.75) is 19.4 Å². The summed E-state index contributed by atoms with van der Waals surface area (Å²) in [4.78, 5) is 36.7. The number of carbonyl (C=O) groups is 3. The van der Waals surface area contributed by atoms with Crippen LogP contribution in [0.15, 0.2) is 53.4 Å². The minimum absolute atomic E-state index is 0.00134. The van der Waals surface area contributed by atoms with Crippen LogP contribution in [0.5, 0.6) is 11.5 Å². The molecule has 1 aliphatic heterocycles. The van der Waals surface area contributed by atoms with Gasteiger partial charge in [-0.15, -0.1) is 0 Å². The first-order chi connectivity index (χ1) is 14.8. The lowest BCUT2D eigenvalue weighted by Gasteiger charge is -2.16. The van der Waals surface area contributed by atoms with Crippen molar-refractivity contribution in [3.63, 3.8) is 0 Å². The molecule has 160 valence electrons. The van der Waals surface area contributed by atoms with E-state index in [1.54, 1.807) is 43.3 Å². The molecule has 1 atom stereocenters. The predicted molar refractivity (Wildman–Crippen MR) is 119 cm³/mol. The number of thioether (sulfide) groups is 1. The summed E-state index contributed by atoms with van der Waals surface area (Å²) in [5.41, 5.74) is 2.89. The fourth-order valence-electron chi connectivity index (χ4n) is 2.70. The molecule has 1 unspecified atom stereocenters. The lowest BCUT2D eigenvalue weighted by atomic mass is 10.1. The van der Waals surface area contributed by atoms with Crippen LogP contribution in [0.3, 0.4) is 0 Å². The number of nitrogens with one attached hydrogen (secondary N) is 1. The van der Waals surface area contributed by atoms with Crippen molar-refractivity contribution < 1.29 is 29.3 Å². The second kappa shape index (κ2) is 9.63. The lowest BCUT2D eigenvalue weighted by molar-refractivity contribution is -0.145. The normalized spacial score (nSPS) is 15.8. The van der Waals surface area contributed by atoms with E-state index in [-0.39, 0.29) is 27.0 Å². The number of aliphatic carboxylic acids is 1. The van der Waals surface area contributed by atoms with Crippen LogP contribution in [0, 0.1) is 0 Å². The molecular weight excluding hydrogens is 440 g/mol. The highest BCUT2D eigenvalue weighted by atomic mass is 32.2. The molecule has 3 N–H and O–H groups in total. The zero-order valence-corrected chi connectivity index (χ0v) is 17.9. The van der Waals surface area contributed by atoms with Crippen LogP contribution in [0.25, 0.3) is 6.08 Å². The molecule has 0 spiro atoms. The van der Waals surface area contributed by atoms with Crippen LogP contribution in [0.2, 0.25) is 0 Å². The van der Waals surface area contributed by atoms with E-state index in [1.807, 2.05) is 0 Å². The Kier molecular flexibility index (Phi) is 6.93. The van der Waals surface area contributed by atoms with Crippen molar-refractivity contribution >= 4 is 52.2 Å². The van der Waals surface area contributed by atoms with Gasteiger partial charge in [0.25, 0.3) is 11.8 Å². The number of rotatable bonds is 7. The highest BCUT2D eigenvalue weighted by Crippen LogP contribution is 2.34. The molecule has 1 aliphatic rings. The van der Waals surface area contributed by atoms with Gasteiger partial charge in [0.05, 0.1) is 10.5 Å². The molecule has 1 heterocycles. The molecule has 3 rings (SSSR count). The van der Waals surface area contributed by atoms with E-state index in [2.05, 4.69) is 5.43 Å². The third kappa shape index (κ3) is 5.04. The molecule has 10 heteroatoms. The van der Waals surface area contributed by atoms with E-state index >= 15 is 0 Å². The largest absolute Gasteiger partial charge is 0.507 e. The number of para-hydroxylation sites is 2. The van der Waals surface area contributed by atoms with Crippen molar-refractivity contribution in [3.8, 4) is 11.5 Å². The number of phenolic OH excluding ortho intramolecular Hbond substituents is 1. The summed E-state index contributed by atoms with van der Waals surface area (Å²) < 4.78 is 5.69. The fourth-order valence-corrected chi connectivity index (χ4v) is 3.87. The summed E-state index contributed by atoms with van der Waals surface area (Å²) in [7, 11) is 0. The van der Waals surface area contributed by atoms with Crippen LogP contribution in [-0.2, 0) is 9.59 Å². The van der Waals surface area contributed by atoms with Gasteiger partial charge in [-0.25, -0.2) is 4.79 Å². The third-order valence-corrected chi connectivity index (χ3v) is 5.58. The van der Waals surface area contributed by atoms with E-state index < -0.39 is 23.9 Å². The minimum atomic E-state index is -1.09. The fraction of sp³-hybridized carbons (Fsp3) is 0.143. The first-order valence-electron chi connectivity index (χ1n) is 9.17. The Labute approximate surface area is 187 Å². The SMILES string of the molecule is CCC(Oc1ccccc1/C=C1\SC(=S)N(NC(=O)c2ccccc2O)C1=O)C(=O)O. The summed E-state index contributed by atoms with van der Waals surface area (Å²) in [5.74, 6) is -2.25. The van der Waals surface area contributed by atoms with Gasteiger partial charge in [0.15, 0.2) is 10.4 Å². The summed E-state index contributed by atoms with van der Waals surface area (Å²) in [5, 5.41) is 20.0. The van der Waals surface area contributed by atoms with Gasteiger partial charge in [0.2, 0.25) is 0 Å².